The summed E-state index contributed by atoms with van der Waals surface area (Å²) >= 11 is 6.63. The first-order chi connectivity index (χ1) is 21.5. The van der Waals surface area contributed by atoms with Gasteiger partial charge in [0.1, 0.15) is 18.2 Å². The monoisotopic (exact) mass is 649 g/mol. The predicted molar refractivity (Wildman–Crippen MR) is 164 cm³/mol. The van der Waals surface area contributed by atoms with Crippen molar-refractivity contribution in [2.45, 2.75) is 24.7 Å². The molecule has 0 saturated carbocycles. The normalized spacial score (nSPS) is 19.3. The Bertz CT molecular complexity index is 1550. The smallest absolute Gasteiger partial charge is 0.418 e. The first-order valence-electron chi connectivity index (χ1n) is 14.4. The van der Waals surface area contributed by atoms with E-state index < -0.39 is 17.4 Å². The van der Waals surface area contributed by atoms with E-state index in [1.54, 1.807) is 19.1 Å². The van der Waals surface area contributed by atoms with Gasteiger partial charge in [0.15, 0.2) is 0 Å². The average Bonchev–Trinajstić information content (AvgIpc) is 3.43. The molecule has 45 heavy (non-hydrogen) atoms. The molecule has 3 aromatic rings. The number of methoxy groups -OCH3 is 2. The van der Waals surface area contributed by atoms with E-state index in [1.165, 1.54) is 18.2 Å². The quantitative estimate of drug-likeness (QED) is 0.324. The molecular weight excluding hydrogens is 615 g/mol. The molecule has 2 aliphatic heterocycles. The number of rotatable bonds is 10. The summed E-state index contributed by atoms with van der Waals surface area (Å²) in [7, 11) is 3.32. The fourth-order valence-corrected chi connectivity index (χ4v) is 5.96. The van der Waals surface area contributed by atoms with Gasteiger partial charge in [-0.15, -0.1) is 0 Å². The summed E-state index contributed by atoms with van der Waals surface area (Å²) in [4.78, 5) is 31.4. The molecule has 0 spiro atoms. The number of amides is 1. The summed E-state index contributed by atoms with van der Waals surface area (Å²) in [5, 5.41) is 0.537. The number of hydrogen-bond acceptors (Lipinski definition) is 10. The number of alkyl halides is 3. The van der Waals surface area contributed by atoms with Crippen molar-refractivity contribution >= 4 is 40.0 Å². The van der Waals surface area contributed by atoms with Crippen LogP contribution in [-0.2, 0) is 20.4 Å². The highest BCUT2D eigenvalue weighted by Gasteiger charge is 2.36. The Morgan fingerprint density at radius 3 is 2.58 bits per heavy atom. The van der Waals surface area contributed by atoms with Crippen molar-refractivity contribution in [3.8, 4) is 17.3 Å². The summed E-state index contributed by atoms with van der Waals surface area (Å²) in [5.41, 5.74) is 4.74. The molecular formula is C30H35ClF3N7O4. The summed E-state index contributed by atoms with van der Waals surface area (Å²) in [5.74, 6) is 0.235. The van der Waals surface area contributed by atoms with Gasteiger partial charge in [-0.25, -0.2) is 4.98 Å². The zero-order valence-electron chi connectivity index (χ0n) is 25.0. The van der Waals surface area contributed by atoms with Crippen molar-refractivity contribution in [2.24, 2.45) is 0 Å². The number of pyridine rings is 1. The van der Waals surface area contributed by atoms with E-state index in [0.717, 1.165) is 25.1 Å². The number of hydrogen-bond donors (Lipinski definition) is 1. The molecule has 1 aromatic carbocycles. The van der Waals surface area contributed by atoms with Crippen LogP contribution in [0.5, 0.6) is 6.01 Å². The Hall–Kier alpha value is -3.72. The number of benzene rings is 1. The van der Waals surface area contributed by atoms with Gasteiger partial charge in [0.05, 0.1) is 34.5 Å². The van der Waals surface area contributed by atoms with Crippen LogP contribution in [0.1, 0.15) is 12.0 Å². The fourth-order valence-electron chi connectivity index (χ4n) is 5.71. The number of anilines is 2. The summed E-state index contributed by atoms with van der Waals surface area (Å²) in [6, 6.07) is 5.02. The van der Waals surface area contributed by atoms with Gasteiger partial charge < -0.3 is 29.7 Å². The van der Waals surface area contributed by atoms with Gasteiger partial charge in [-0.05, 0) is 36.8 Å². The number of carbonyl (C=O) groups excluding carboxylic acids is 1. The largest absolute Gasteiger partial charge is 0.462 e. The van der Waals surface area contributed by atoms with Gasteiger partial charge >= 0.3 is 12.2 Å². The number of likely N-dealkylation sites (tertiary alicyclic amines) is 1. The minimum absolute atomic E-state index is 0.00734. The summed E-state index contributed by atoms with van der Waals surface area (Å²) in [6.45, 7) is 7.53. The number of halogens is 4. The minimum atomic E-state index is -4.70. The van der Waals surface area contributed by atoms with E-state index in [-0.39, 0.29) is 47.1 Å². The van der Waals surface area contributed by atoms with Crippen LogP contribution in [0.25, 0.3) is 22.2 Å². The second kappa shape index (κ2) is 13.7. The van der Waals surface area contributed by atoms with Crippen molar-refractivity contribution in [2.75, 3.05) is 77.3 Å². The zero-order valence-corrected chi connectivity index (χ0v) is 25.8. The van der Waals surface area contributed by atoms with Crippen LogP contribution >= 0.6 is 11.6 Å². The molecule has 0 aliphatic carbocycles. The Morgan fingerprint density at radius 1 is 1.16 bits per heavy atom. The molecule has 0 unspecified atom stereocenters. The third kappa shape index (κ3) is 7.24. The first kappa shape index (κ1) is 32.7. The van der Waals surface area contributed by atoms with Crippen molar-refractivity contribution in [1.29, 1.82) is 0 Å². The number of ether oxygens (including phenoxy) is 3. The highest BCUT2D eigenvalue weighted by molar-refractivity contribution is 6.34. The van der Waals surface area contributed by atoms with E-state index in [9.17, 15) is 18.0 Å². The van der Waals surface area contributed by atoms with Crippen LogP contribution in [0, 0.1) is 0 Å². The Balaban J connectivity index is 1.54. The molecule has 242 valence electrons. The lowest BCUT2D eigenvalue weighted by atomic mass is 10.0. The molecule has 5 rings (SSSR count). The molecule has 2 N–H and O–H groups in total. The molecule has 4 heterocycles. The van der Waals surface area contributed by atoms with Crippen LogP contribution < -0.4 is 15.4 Å². The van der Waals surface area contributed by atoms with Crippen LogP contribution in [0.15, 0.2) is 36.9 Å². The van der Waals surface area contributed by atoms with Gasteiger partial charge in [0, 0.05) is 70.5 Å². The van der Waals surface area contributed by atoms with Crippen molar-refractivity contribution in [3.63, 3.8) is 0 Å². The summed E-state index contributed by atoms with van der Waals surface area (Å²) in [6.07, 6.45) is -2.65. The van der Waals surface area contributed by atoms with Gasteiger partial charge in [0.25, 0.3) is 0 Å². The molecule has 2 atom stereocenters. The number of carbonyl (C=O) groups is 1. The molecule has 11 nitrogen and oxygen atoms in total. The Labute approximate surface area is 263 Å². The van der Waals surface area contributed by atoms with E-state index >= 15 is 0 Å². The Morgan fingerprint density at radius 2 is 1.91 bits per heavy atom. The number of fused-ring (bicyclic) bond motifs is 1. The summed E-state index contributed by atoms with van der Waals surface area (Å²) < 4.78 is 58.9. The molecule has 0 bridgehead atoms. The Kier molecular flexibility index (Phi) is 9.97. The zero-order chi connectivity index (χ0) is 32.3. The maximum absolute atomic E-state index is 14.0. The average molecular weight is 650 g/mol. The van der Waals surface area contributed by atoms with Crippen LogP contribution in [0.4, 0.5) is 24.8 Å². The number of aromatic nitrogens is 3. The molecule has 15 heteroatoms. The highest BCUT2D eigenvalue weighted by atomic mass is 35.5. The third-order valence-electron chi connectivity index (χ3n) is 8.10. The van der Waals surface area contributed by atoms with Gasteiger partial charge in [-0.2, -0.15) is 23.1 Å². The number of nitrogens with zero attached hydrogens (tertiary/aromatic N) is 6. The lowest BCUT2D eigenvalue weighted by Crippen LogP contribution is -2.48. The van der Waals surface area contributed by atoms with E-state index in [0.29, 0.717) is 56.1 Å². The number of nitrogen functional groups attached to an aromatic ring is 1. The minimum Gasteiger partial charge on any atom is -0.462 e. The maximum Gasteiger partial charge on any atom is 0.418 e. The molecule has 2 aliphatic rings. The molecule has 1 amide bonds. The van der Waals surface area contributed by atoms with Crippen LogP contribution in [0.2, 0.25) is 5.02 Å². The molecule has 0 radical (unpaired) electrons. The lowest BCUT2D eigenvalue weighted by Gasteiger charge is -2.35. The van der Waals surface area contributed by atoms with Gasteiger partial charge in [0.2, 0.25) is 5.91 Å². The van der Waals surface area contributed by atoms with Crippen molar-refractivity contribution in [1.82, 2.24) is 24.8 Å². The predicted octanol–water partition coefficient (Wildman–Crippen LogP) is 3.90. The van der Waals surface area contributed by atoms with Crippen molar-refractivity contribution < 1.29 is 32.2 Å². The molecule has 2 saturated heterocycles. The van der Waals surface area contributed by atoms with Crippen LogP contribution in [0.3, 0.4) is 0 Å². The number of nitrogens with two attached hydrogens (primary N) is 1. The number of piperazine rings is 1. The molecule has 2 fully saturated rings. The lowest BCUT2D eigenvalue weighted by molar-refractivity contribution is -0.137. The first-order valence-corrected chi connectivity index (χ1v) is 14.8. The second-order valence-electron chi connectivity index (χ2n) is 10.9. The van der Waals surface area contributed by atoms with E-state index in [2.05, 4.69) is 21.4 Å². The second-order valence-corrected chi connectivity index (χ2v) is 11.3. The third-order valence-corrected chi connectivity index (χ3v) is 8.41. The fraction of sp³-hybridized carbons (Fsp3) is 0.467. The van der Waals surface area contributed by atoms with E-state index in [1.807, 2.05) is 4.90 Å². The molecule has 2 aromatic heterocycles. The SMILES string of the molecule is C=CC(=O)N1CCN(c2nc(OC[C@@H]3C[C@@H](OC)CN3CCOC)nc3cc(-c4nc(N)ccc4C(F)(F)F)c(Cl)cc23)CC1. The van der Waals surface area contributed by atoms with Crippen molar-refractivity contribution in [3.05, 3.63) is 47.5 Å². The highest BCUT2D eigenvalue weighted by Crippen LogP contribution is 2.41. The maximum atomic E-state index is 14.0. The van der Waals surface area contributed by atoms with Crippen LogP contribution in [-0.4, -0.2) is 110 Å². The standard InChI is InChI=1S/C30H35ClF3N7O4/c1-4-26(42)39-7-9-40(10-8-39)28-21-14-23(31)20(27-22(30(32,33)34)5-6-25(35)37-27)15-24(21)36-29(38-28)45-17-18-13-19(44-3)16-41(18)11-12-43-2/h4-6,14-15,18-19H,1,7-13,16-17H2,2-3H3,(H2,35,37)/t18-,19+/m0/s1. The topological polar surface area (TPSA) is 119 Å². The van der Waals surface area contributed by atoms with Gasteiger partial charge in [-0.3, -0.25) is 9.69 Å². The van der Waals surface area contributed by atoms with Gasteiger partial charge in [-0.1, -0.05) is 18.2 Å². The van der Waals surface area contributed by atoms with E-state index in [4.69, 9.17) is 36.5 Å².